The van der Waals surface area contributed by atoms with E-state index in [1.807, 2.05) is 6.92 Å². The van der Waals surface area contributed by atoms with E-state index in [1.165, 1.54) is 4.90 Å². The highest BCUT2D eigenvalue weighted by Crippen LogP contribution is 2.24. The van der Waals surface area contributed by atoms with Crippen LogP contribution < -0.4 is 0 Å². The molecule has 0 unspecified atom stereocenters. The first-order valence-electron chi connectivity index (χ1n) is 6.24. The Hall–Kier alpha value is -2.69. The summed E-state index contributed by atoms with van der Waals surface area (Å²) in [5, 5.41) is 0. The maximum Gasteiger partial charge on any atom is 0.261 e. The van der Waals surface area contributed by atoms with E-state index in [-0.39, 0.29) is 18.4 Å². The Balaban J connectivity index is 1.91. The molecule has 0 atom stereocenters. The van der Waals surface area contributed by atoms with Crippen molar-refractivity contribution in [2.24, 2.45) is 0 Å². The fourth-order valence-electron chi connectivity index (χ4n) is 2.35. The van der Waals surface area contributed by atoms with Crippen LogP contribution in [0.5, 0.6) is 0 Å². The summed E-state index contributed by atoms with van der Waals surface area (Å²) < 4.78 is 1.76. The van der Waals surface area contributed by atoms with Crippen LogP contribution in [-0.2, 0) is 6.54 Å². The average molecular weight is 267 g/mol. The number of fused-ring (bicyclic) bond motifs is 1. The number of hydrogen-bond acceptors (Lipinski definition) is 3. The van der Waals surface area contributed by atoms with Gasteiger partial charge in [0.15, 0.2) is 0 Å². The van der Waals surface area contributed by atoms with Gasteiger partial charge in [-0.1, -0.05) is 18.7 Å². The molecule has 0 saturated heterocycles. The first-order valence-corrected chi connectivity index (χ1v) is 6.24. The Morgan fingerprint density at radius 1 is 1.20 bits per heavy atom. The number of aromatic nitrogens is 2. The molecule has 0 radical (unpaired) electrons. The molecule has 0 saturated carbocycles. The number of imide groups is 1. The second-order valence-corrected chi connectivity index (χ2v) is 4.61. The van der Waals surface area contributed by atoms with Gasteiger partial charge in [-0.2, -0.15) is 0 Å². The van der Waals surface area contributed by atoms with Gasteiger partial charge >= 0.3 is 0 Å². The third-order valence-corrected chi connectivity index (χ3v) is 3.36. The largest absolute Gasteiger partial charge is 0.311 e. The molecular formula is C15H13N3O2. The van der Waals surface area contributed by atoms with E-state index in [4.69, 9.17) is 0 Å². The standard InChI is InChI=1S/C15H13N3O2/c1-3-17-8-11(16-10(17)2)9-18-14(19)12-6-4-5-7-13(12)15(18)20/h3-8H,1,9H2,2H3. The minimum Gasteiger partial charge on any atom is -0.311 e. The van der Waals surface area contributed by atoms with Gasteiger partial charge in [-0.15, -0.1) is 0 Å². The van der Waals surface area contributed by atoms with Crippen LogP contribution in [0.2, 0.25) is 0 Å². The number of rotatable bonds is 3. The minimum atomic E-state index is -0.267. The Kier molecular flexibility index (Phi) is 2.75. The van der Waals surface area contributed by atoms with Crippen molar-refractivity contribution in [3.05, 3.63) is 59.7 Å². The van der Waals surface area contributed by atoms with E-state index in [2.05, 4.69) is 11.6 Å². The molecule has 3 rings (SSSR count). The molecule has 20 heavy (non-hydrogen) atoms. The Bertz CT molecular complexity index is 695. The van der Waals surface area contributed by atoms with Gasteiger partial charge in [0.05, 0.1) is 23.4 Å². The summed E-state index contributed by atoms with van der Waals surface area (Å²) in [5.74, 6) is 0.236. The lowest BCUT2D eigenvalue weighted by atomic mass is 10.1. The van der Waals surface area contributed by atoms with Crippen LogP contribution in [0.15, 0.2) is 37.0 Å². The van der Waals surface area contributed by atoms with E-state index in [9.17, 15) is 9.59 Å². The van der Waals surface area contributed by atoms with Crippen LogP contribution in [-0.4, -0.2) is 26.3 Å². The van der Waals surface area contributed by atoms with Crippen molar-refractivity contribution >= 4 is 18.0 Å². The molecule has 0 fully saturated rings. The smallest absolute Gasteiger partial charge is 0.261 e. The summed E-state index contributed by atoms with van der Waals surface area (Å²) in [5.41, 5.74) is 1.58. The zero-order valence-electron chi connectivity index (χ0n) is 11.0. The number of imidazole rings is 1. The molecule has 0 bridgehead atoms. The van der Waals surface area contributed by atoms with Gasteiger partial charge in [0.1, 0.15) is 5.82 Å². The quantitative estimate of drug-likeness (QED) is 0.800. The number of nitrogens with zero attached hydrogens (tertiary/aromatic N) is 3. The van der Waals surface area contributed by atoms with Crippen molar-refractivity contribution in [2.75, 3.05) is 0 Å². The van der Waals surface area contributed by atoms with Crippen molar-refractivity contribution in [3.63, 3.8) is 0 Å². The van der Waals surface area contributed by atoms with Crippen molar-refractivity contribution < 1.29 is 9.59 Å². The van der Waals surface area contributed by atoms with E-state index >= 15 is 0 Å². The number of benzene rings is 1. The summed E-state index contributed by atoms with van der Waals surface area (Å²) in [4.78, 5) is 30.0. The van der Waals surface area contributed by atoms with Crippen LogP contribution >= 0.6 is 0 Å². The summed E-state index contributed by atoms with van der Waals surface area (Å²) >= 11 is 0. The molecule has 0 N–H and O–H groups in total. The minimum absolute atomic E-state index is 0.175. The SMILES string of the molecule is C=Cn1cc(CN2C(=O)c3ccccc3C2=O)nc1C. The van der Waals surface area contributed by atoms with Crippen LogP contribution in [0.25, 0.3) is 6.20 Å². The average Bonchev–Trinajstić information content (AvgIpc) is 2.93. The van der Waals surface area contributed by atoms with Crippen molar-refractivity contribution in [2.45, 2.75) is 13.5 Å². The lowest BCUT2D eigenvalue weighted by Gasteiger charge is -2.11. The second kappa shape index (κ2) is 4.45. The van der Waals surface area contributed by atoms with Crippen molar-refractivity contribution in [1.29, 1.82) is 0 Å². The number of aryl methyl sites for hydroxylation is 1. The van der Waals surface area contributed by atoms with E-state index in [1.54, 1.807) is 41.2 Å². The first kappa shape index (κ1) is 12.3. The highest BCUT2D eigenvalue weighted by molar-refractivity contribution is 6.21. The third-order valence-electron chi connectivity index (χ3n) is 3.36. The topological polar surface area (TPSA) is 55.2 Å². The van der Waals surface area contributed by atoms with Gasteiger partial charge in [0.25, 0.3) is 11.8 Å². The third kappa shape index (κ3) is 1.75. The predicted molar refractivity (Wildman–Crippen MR) is 74.0 cm³/mol. The molecule has 1 aliphatic rings. The summed E-state index contributed by atoms with van der Waals surface area (Å²) in [6, 6.07) is 6.85. The fourth-order valence-corrected chi connectivity index (χ4v) is 2.35. The molecule has 5 heteroatoms. The first-order chi connectivity index (χ1) is 9.61. The zero-order chi connectivity index (χ0) is 14.3. The summed E-state index contributed by atoms with van der Waals surface area (Å²) in [7, 11) is 0. The normalized spacial score (nSPS) is 13.8. The molecule has 1 aromatic heterocycles. The van der Waals surface area contributed by atoms with Crippen LogP contribution in [0.3, 0.4) is 0 Å². The molecule has 0 aliphatic carbocycles. The molecule has 5 nitrogen and oxygen atoms in total. The predicted octanol–water partition coefficient (Wildman–Crippen LogP) is 2.09. The Morgan fingerprint density at radius 2 is 1.80 bits per heavy atom. The van der Waals surface area contributed by atoms with Gasteiger partial charge in [-0.25, -0.2) is 4.98 Å². The van der Waals surface area contributed by atoms with E-state index in [0.717, 1.165) is 5.82 Å². The Morgan fingerprint density at radius 3 is 2.30 bits per heavy atom. The summed E-state index contributed by atoms with van der Waals surface area (Å²) in [6.07, 6.45) is 3.40. The molecule has 2 aromatic rings. The van der Waals surface area contributed by atoms with Crippen LogP contribution in [0.4, 0.5) is 0 Å². The lowest BCUT2D eigenvalue weighted by Crippen LogP contribution is -2.29. The van der Waals surface area contributed by atoms with Crippen molar-refractivity contribution in [3.8, 4) is 0 Å². The zero-order valence-corrected chi connectivity index (χ0v) is 11.0. The molecule has 1 aliphatic heterocycles. The second-order valence-electron chi connectivity index (χ2n) is 4.61. The highest BCUT2D eigenvalue weighted by atomic mass is 16.2. The fraction of sp³-hybridized carbons (Fsp3) is 0.133. The number of carbonyl (C=O) groups excluding carboxylic acids is 2. The van der Waals surface area contributed by atoms with Crippen LogP contribution in [0, 0.1) is 6.92 Å². The van der Waals surface area contributed by atoms with Gasteiger partial charge in [-0.3, -0.25) is 14.5 Å². The number of hydrogen-bond donors (Lipinski definition) is 0. The monoisotopic (exact) mass is 267 g/mol. The van der Waals surface area contributed by atoms with Gasteiger partial charge in [-0.05, 0) is 19.1 Å². The molecule has 1 aromatic carbocycles. The molecule has 100 valence electrons. The van der Waals surface area contributed by atoms with E-state index in [0.29, 0.717) is 16.8 Å². The molecule has 2 amide bonds. The summed E-state index contributed by atoms with van der Waals surface area (Å²) in [6.45, 7) is 5.69. The number of carbonyl (C=O) groups is 2. The van der Waals surface area contributed by atoms with Gasteiger partial charge in [0, 0.05) is 12.4 Å². The highest BCUT2D eigenvalue weighted by Gasteiger charge is 2.35. The molecular weight excluding hydrogens is 254 g/mol. The molecule has 0 spiro atoms. The van der Waals surface area contributed by atoms with Crippen LogP contribution in [0.1, 0.15) is 32.2 Å². The van der Waals surface area contributed by atoms with Gasteiger partial charge in [0.2, 0.25) is 0 Å². The molecule has 2 heterocycles. The van der Waals surface area contributed by atoms with Crippen molar-refractivity contribution in [1.82, 2.24) is 14.5 Å². The maximum atomic E-state index is 12.2. The van der Waals surface area contributed by atoms with Gasteiger partial charge < -0.3 is 4.57 Å². The maximum absolute atomic E-state index is 12.2. The van der Waals surface area contributed by atoms with E-state index < -0.39 is 0 Å². The Labute approximate surface area is 116 Å². The lowest BCUT2D eigenvalue weighted by molar-refractivity contribution is 0.0640. The number of amides is 2.